The third-order valence-electron chi connectivity index (χ3n) is 4.69. The fourth-order valence-corrected chi connectivity index (χ4v) is 2.54. The molecule has 2 rings (SSSR count). The molecule has 0 aromatic heterocycles. The lowest BCUT2D eigenvalue weighted by Gasteiger charge is -2.32. The molecule has 1 aliphatic rings. The Labute approximate surface area is 152 Å². The Balaban J connectivity index is 2.43. The lowest BCUT2D eigenvalue weighted by atomic mass is 9.81. The molecule has 1 saturated heterocycles. The summed E-state index contributed by atoms with van der Waals surface area (Å²) in [6, 6.07) is 3.35. The van der Waals surface area contributed by atoms with E-state index in [1.54, 1.807) is 27.7 Å². The minimum absolute atomic E-state index is 0.000231. The molecule has 7 heteroatoms. The summed E-state index contributed by atoms with van der Waals surface area (Å²) in [7, 11) is -1.36. The van der Waals surface area contributed by atoms with E-state index in [4.69, 9.17) is 20.5 Å². The molecular weight excluding hydrogens is 344 g/mol. The predicted molar refractivity (Wildman–Crippen MR) is 94.7 cm³/mol. The molecule has 0 unspecified atom stereocenters. The zero-order valence-corrected chi connectivity index (χ0v) is 15.4. The van der Waals surface area contributed by atoms with Crippen LogP contribution in [0.5, 0.6) is 0 Å². The standard InChI is InChI=1S/C19H22BF3O3/c1-6-11-24-12-10-13(16-14(21)8-7-9-15(16)22)17(23)20-25-18(2,3)19(4,5)26-20/h1,7-9H,10-12H2,2-5H3. The van der Waals surface area contributed by atoms with E-state index in [9.17, 15) is 8.78 Å². The van der Waals surface area contributed by atoms with Crippen molar-refractivity contribution in [1.29, 1.82) is 0 Å². The first-order valence-corrected chi connectivity index (χ1v) is 8.30. The Bertz CT molecular complexity index is 702. The lowest BCUT2D eigenvalue weighted by Crippen LogP contribution is -2.41. The van der Waals surface area contributed by atoms with E-state index >= 15 is 4.39 Å². The molecular formula is C19H22BF3O3. The highest BCUT2D eigenvalue weighted by Gasteiger charge is 2.53. The fourth-order valence-electron chi connectivity index (χ4n) is 2.54. The maximum Gasteiger partial charge on any atom is 0.525 e. The number of terminal acetylenes is 1. The zero-order valence-electron chi connectivity index (χ0n) is 15.4. The van der Waals surface area contributed by atoms with Gasteiger partial charge in [0.15, 0.2) is 0 Å². The molecule has 0 N–H and O–H groups in total. The second-order valence-corrected chi connectivity index (χ2v) is 7.02. The maximum atomic E-state index is 15.2. The molecule has 0 amide bonds. The molecule has 140 valence electrons. The molecule has 0 radical (unpaired) electrons. The highest BCUT2D eigenvalue weighted by molar-refractivity contribution is 6.55. The van der Waals surface area contributed by atoms with Gasteiger partial charge in [-0.2, -0.15) is 0 Å². The highest BCUT2D eigenvalue weighted by atomic mass is 19.1. The van der Waals surface area contributed by atoms with E-state index < -0.39 is 41.2 Å². The average molecular weight is 366 g/mol. The van der Waals surface area contributed by atoms with Crippen LogP contribution in [0, 0.1) is 24.0 Å². The summed E-state index contributed by atoms with van der Waals surface area (Å²) in [5.74, 6) is 0.537. The third kappa shape index (κ3) is 4.14. The van der Waals surface area contributed by atoms with Gasteiger partial charge in [0.1, 0.15) is 24.0 Å². The van der Waals surface area contributed by atoms with Crippen molar-refractivity contribution in [2.24, 2.45) is 0 Å². The average Bonchev–Trinajstić information content (AvgIpc) is 2.76. The van der Waals surface area contributed by atoms with Crippen molar-refractivity contribution in [3.63, 3.8) is 0 Å². The summed E-state index contributed by atoms with van der Waals surface area (Å²) in [4.78, 5) is 0. The molecule has 1 heterocycles. The second-order valence-electron chi connectivity index (χ2n) is 7.02. The highest BCUT2D eigenvalue weighted by Crippen LogP contribution is 2.41. The summed E-state index contributed by atoms with van der Waals surface area (Å²) in [5, 5.41) is 0. The summed E-state index contributed by atoms with van der Waals surface area (Å²) in [5.41, 5.74) is -3.10. The Kier molecular flexibility index (Phi) is 6.23. The van der Waals surface area contributed by atoms with Crippen molar-refractivity contribution >= 4 is 12.7 Å². The van der Waals surface area contributed by atoms with Gasteiger partial charge in [0, 0.05) is 0 Å². The van der Waals surface area contributed by atoms with Crippen LogP contribution in [0.1, 0.15) is 39.7 Å². The van der Waals surface area contributed by atoms with Crippen LogP contribution in [0.25, 0.3) is 5.57 Å². The number of ether oxygens (including phenoxy) is 1. The number of rotatable bonds is 6. The summed E-state index contributed by atoms with van der Waals surface area (Å²) in [6.07, 6.45) is 5.01. The van der Waals surface area contributed by atoms with Crippen LogP contribution in [-0.4, -0.2) is 31.5 Å². The van der Waals surface area contributed by atoms with Crippen LogP contribution in [-0.2, 0) is 14.0 Å². The fraction of sp³-hybridized carbons (Fsp3) is 0.474. The Morgan fingerprint density at radius 2 is 1.69 bits per heavy atom. The molecule has 1 fully saturated rings. The van der Waals surface area contributed by atoms with Crippen LogP contribution >= 0.6 is 0 Å². The van der Waals surface area contributed by atoms with Crippen LogP contribution < -0.4 is 0 Å². The molecule has 0 spiro atoms. The first-order valence-electron chi connectivity index (χ1n) is 8.30. The second kappa shape index (κ2) is 7.87. The van der Waals surface area contributed by atoms with E-state index in [1.165, 1.54) is 6.07 Å². The van der Waals surface area contributed by atoms with Gasteiger partial charge >= 0.3 is 7.12 Å². The van der Waals surface area contributed by atoms with Crippen LogP contribution in [0.3, 0.4) is 0 Å². The number of hydrogen-bond acceptors (Lipinski definition) is 3. The quantitative estimate of drug-likeness (QED) is 0.427. The van der Waals surface area contributed by atoms with Crippen molar-refractivity contribution in [2.45, 2.75) is 45.3 Å². The third-order valence-corrected chi connectivity index (χ3v) is 4.69. The normalized spacial score (nSPS) is 19.2. The van der Waals surface area contributed by atoms with Crippen molar-refractivity contribution in [2.75, 3.05) is 13.2 Å². The van der Waals surface area contributed by atoms with Crippen LogP contribution in [0.4, 0.5) is 13.2 Å². The molecule has 26 heavy (non-hydrogen) atoms. The van der Waals surface area contributed by atoms with E-state index in [0.717, 1.165) is 12.1 Å². The van der Waals surface area contributed by atoms with E-state index in [0.29, 0.717) is 0 Å². The van der Waals surface area contributed by atoms with Crippen LogP contribution in [0.15, 0.2) is 23.9 Å². The van der Waals surface area contributed by atoms with E-state index in [1.807, 2.05) is 0 Å². The zero-order chi connectivity index (χ0) is 19.5. The van der Waals surface area contributed by atoms with Gasteiger partial charge in [-0.1, -0.05) is 12.0 Å². The Hall–Kier alpha value is -1.75. The molecule has 0 bridgehead atoms. The van der Waals surface area contributed by atoms with Gasteiger partial charge in [-0.05, 0) is 51.8 Å². The number of hydrogen-bond donors (Lipinski definition) is 0. The summed E-state index contributed by atoms with van der Waals surface area (Å²) < 4.78 is 60.1. The number of benzene rings is 1. The van der Waals surface area contributed by atoms with Gasteiger partial charge in [0.05, 0.1) is 23.4 Å². The van der Waals surface area contributed by atoms with Gasteiger partial charge in [0.25, 0.3) is 0 Å². The smallest absolute Gasteiger partial charge is 0.398 e. The maximum absolute atomic E-state index is 15.2. The Morgan fingerprint density at radius 1 is 1.15 bits per heavy atom. The summed E-state index contributed by atoms with van der Waals surface area (Å²) in [6.45, 7) is 7.07. The number of halogens is 3. The van der Waals surface area contributed by atoms with E-state index in [2.05, 4.69) is 5.92 Å². The minimum atomic E-state index is -1.36. The van der Waals surface area contributed by atoms with Crippen molar-refractivity contribution < 1.29 is 27.2 Å². The molecule has 0 atom stereocenters. The topological polar surface area (TPSA) is 27.7 Å². The Morgan fingerprint density at radius 3 is 2.19 bits per heavy atom. The lowest BCUT2D eigenvalue weighted by molar-refractivity contribution is 0.00578. The largest absolute Gasteiger partial charge is 0.525 e. The minimum Gasteiger partial charge on any atom is -0.398 e. The molecule has 0 saturated carbocycles. The molecule has 3 nitrogen and oxygen atoms in total. The van der Waals surface area contributed by atoms with Crippen LogP contribution in [0.2, 0.25) is 0 Å². The molecule has 1 aliphatic heterocycles. The van der Waals surface area contributed by atoms with Crippen molar-refractivity contribution in [1.82, 2.24) is 0 Å². The molecule has 1 aromatic carbocycles. The monoisotopic (exact) mass is 366 g/mol. The van der Waals surface area contributed by atoms with Gasteiger partial charge in [-0.25, -0.2) is 13.2 Å². The SMILES string of the molecule is C#CCOCCC(=C(F)B1OC(C)(C)C(C)(C)O1)c1c(F)cccc1F. The van der Waals surface area contributed by atoms with Gasteiger partial charge < -0.3 is 14.0 Å². The molecule has 0 aliphatic carbocycles. The van der Waals surface area contributed by atoms with Crippen molar-refractivity contribution in [3.8, 4) is 12.3 Å². The van der Waals surface area contributed by atoms with E-state index in [-0.39, 0.29) is 25.2 Å². The predicted octanol–water partition coefficient (Wildman–Crippen LogP) is 4.32. The van der Waals surface area contributed by atoms with Gasteiger partial charge in [0.2, 0.25) is 0 Å². The van der Waals surface area contributed by atoms with Gasteiger partial charge in [-0.3, -0.25) is 0 Å². The summed E-state index contributed by atoms with van der Waals surface area (Å²) >= 11 is 0. The first-order chi connectivity index (χ1) is 12.1. The van der Waals surface area contributed by atoms with Crippen molar-refractivity contribution in [3.05, 3.63) is 41.1 Å². The first kappa shape index (κ1) is 20.6. The van der Waals surface area contributed by atoms with Gasteiger partial charge in [-0.15, -0.1) is 6.42 Å². The molecule has 1 aromatic rings.